The lowest BCUT2D eigenvalue weighted by atomic mass is 10.1. The normalized spacial score (nSPS) is 12.2. The number of hydrogen-bond acceptors (Lipinski definition) is 2. The van der Waals surface area contributed by atoms with E-state index in [1.54, 1.807) is 18.2 Å². The number of nitrogens with two attached hydrogens (primary N) is 1. The van der Waals surface area contributed by atoms with Gasteiger partial charge in [0.2, 0.25) is 0 Å². The van der Waals surface area contributed by atoms with Gasteiger partial charge >= 0.3 is 0 Å². The molecular weight excluding hydrogens is 207 g/mol. The molecule has 0 aromatic heterocycles. The highest BCUT2D eigenvalue weighted by Crippen LogP contribution is 2.26. The summed E-state index contributed by atoms with van der Waals surface area (Å²) in [6.45, 7) is 0. The summed E-state index contributed by atoms with van der Waals surface area (Å²) in [5.74, 6) is 0. The molecule has 1 atom stereocenters. The SMILES string of the molecule is N#CC[C@@H](N)c1cc(Cl)ccc1Cl. The fourth-order valence-electron chi connectivity index (χ4n) is 1.01. The molecule has 0 amide bonds. The van der Waals surface area contributed by atoms with Gasteiger partial charge in [-0.15, -0.1) is 0 Å². The third-order valence-corrected chi connectivity index (χ3v) is 2.25. The van der Waals surface area contributed by atoms with Crippen LogP contribution in [0.4, 0.5) is 0 Å². The predicted octanol–water partition coefficient (Wildman–Crippen LogP) is 2.91. The van der Waals surface area contributed by atoms with Crippen molar-refractivity contribution in [2.45, 2.75) is 12.5 Å². The number of benzene rings is 1. The lowest BCUT2D eigenvalue weighted by Crippen LogP contribution is -2.09. The molecule has 4 heteroatoms. The van der Waals surface area contributed by atoms with E-state index in [2.05, 4.69) is 0 Å². The average molecular weight is 215 g/mol. The Bertz CT molecular complexity index is 344. The Morgan fingerprint density at radius 3 is 2.77 bits per heavy atom. The molecule has 0 aliphatic heterocycles. The Kier molecular flexibility index (Phi) is 3.56. The summed E-state index contributed by atoms with van der Waals surface area (Å²) in [5.41, 5.74) is 6.43. The highest BCUT2D eigenvalue weighted by atomic mass is 35.5. The molecule has 0 heterocycles. The van der Waals surface area contributed by atoms with E-state index in [1.165, 1.54) is 0 Å². The Labute approximate surface area is 86.9 Å². The van der Waals surface area contributed by atoms with Gasteiger partial charge in [-0.05, 0) is 23.8 Å². The van der Waals surface area contributed by atoms with Crippen LogP contribution >= 0.6 is 23.2 Å². The van der Waals surface area contributed by atoms with Crippen molar-refractivity contribution in [3.8, 4) is 6.07 Å². The Morgan fingerprint density at radius 2 is 2.15 bits per heavy atom. The van der Waals surface area contributed by atoms with E-state index in [0.717, 1.165) is 5.56 Å². The quantitative estimate of drug-likeness (QED) is 0.824. The second kappa shape index (κ2) is 4.48. The van der Waals surface area contributed by atoms with Crippen molar-refractivity contribution in [1.82, 2.24) is 0 Å². The van der Waals surface area contributed by atoms with Crippen LogP contribution < -0.4 is 5.73 Å². The molecular formula is C9H8Cl2N2. The van der Waals surface area contributed by atoms with Gasteiger partial charge in [0.05, 0.1) is 12.5 Å². The zero-order chi connectivity index (χ0) is 9.84. The van der Waals surface area contributed by atoms with Gasteiger partial charge in [0.25, 0.3) is 0 Å². The molecule has 0 bridgehead atoms. The Balaban J connectivity index is 3.00. The molecule has 1 aromatic carbocycles. The highest BCUT2D eigenvalue weighted by molar-refractivity contribution is 6.33. The molecule has 2 nitrogen and oxygen atoms in total. The first-order valence-electron chi connectivity index (χ1n) is 3.72. The Morgan fingerprint density at radius 1 is 1.46 bits per heavy atom. The second-order valence-electron chi connectivity index (χ2n) is 2.63. The fraction of sp³-hybridized carbons (Fsp3) is 0.222. The number of nitriles is 1. The first-order chi connectivity index (χ1) is 6.15. The van der Waals surface area contributed by atoms with Gasteiger partial charge in [-0.25, -0.2) is 0 Å². The summed E-state index contributed by atoms with van der Waals surface area (Å²) < 4.78 is 0. The van der Waals surface area contributed by atoms with E-state index in [4.69, 9.17) is 34.2 Å². The number of halogens is 2. The lowest BCUT2D eigenvalue weighted by molar-refractivity contribution is 0.749. The summed E-state index contributed by atoms with van der Waals surface area (Å²) >= 11 is 11.6. The topological polar surface area (TPSA) is 49.8 Å². The molecule has 0 radical (unpaired) electrons. The van der Waals surface area contributed by atoms with E-state index >= 15 is 0 Å². The zero-order valence-electron chi connectivity index (χ0n) is 6.80. The van der Waals surface area contributed by atoms with Crippen LogP contribution in [-0.4, -0.2) is 0 Å². The van der Waals surface area contributed by atoms with Crippen LogP contribution in [0.15, 0.2) is 18.2 Å². The van der Waals surface area contributed by atoms with Crippen LogP contribution in [0.3, 0.4) is 0 Å². The molecule has 13 heavy (non-hydrogen) atoms. The lowest BCUT2D eigenvalue weighted by Gasteiger charge is -2.09. The maximum atomic E-state index is 8.45. The largest absolute Gasteiger partial charge is 0.323 e. The first kappa shape index (κ1) is 10.3. The number of hydrogen-bond donors (Lipinski definition) is 1. The van der Waals surface area contributed by atoms with Crippen molar-refractivity contribution in [3.05, 3.63) is 33.8 Å². The minimum Gasteiger partial charge on any atom is -0.323 e. The number of nitrogens with zero attached hydrogens (tertiary/aromatic N) is 1. The minimum absolute atomic E-state index is 0.236. The summed E-state index contributed by atoms with van der Waals surface area (Å²) in [5, 5.41) is 9.58. The monoisotopic (exact) mass is 214 g/mol. The van der Waals surface area contributed by atoms with Crippen LogP contribution in [0.25, 0.3) is 0 Å². The standard InChI is InChI=1S/C9H8Cl2N2/c10-6-1-2-8(11)7(5-6)9(13)3-4-12/h1-2,5,9H,3,13H2/t9-/m1/s1. The van der Waals surface area contributed by atoms with Crippen molar-refractivity contribution >= 4 is 23.2 Å². The molecule has 0 fully saturated rings. The van der Waals surface area contributed by atoms with Gasteiger partial charge in [0.15, 0.2) is 0 Å². The molecule has 1 rings (SSSR count). The van der Waals surface area contributed by atoms with Crippen LogP contribution in [0, 0.1) is 11.3 Å². The summed E-state index contributed by atoms with van der Waals surface area (Å²) in [4.78, 5) is 0. The van der Waals surface area contributed by atoms with Crippen molar-refractivity contribution in [1.29, 1.82) is 5.26 Å². The molecule has 0 spiro atoms. The average Bonchev–Trinajstić information content (AvgIpc) is 2.09. The smallest absolute Gasteiger partial charge is 0.0641 e. The third-order valence-electron chi connectivity index (χ3n) is 1.67. The molecule has 68 valence electrons. The van der Waals surface area contributed by atoms with Gasteiger partial charge < -0.3 is 5.73 Å². The molecule has 0 unspecified atom stereocenters. The minimum atomic E-state index is -0.365. The maximum Gasteiger partial charge on any atom is 0.0641 e. The summed E-state index contributed by atoms with van der Waals surface area (Å²) in [6, 6.07) is 6.67. The van der Waals surface area contributed by atoms with Crippen LogP contribution in [0.2, 0.25) is 10.0 Å². The van der Waals surface area contributed by atoms with E-state index in [-0.39, 0.29) is 12.5 Å². The van der Waals surface area contributed by atoms with Crippen LogP contribution in [-0.2, 0) is 0 Å². The van der Waals surface area contributed by atoms with E-state index in [9.17, 15) is 0 Å². The van der Waals surface area contributed by atoms with E-state index in [1.807, 2.05) is 6.07 Å². The fourth-order valence-corrected chi connectivity index (χ4v) is 1.45. The van der Waals surface area contributed by atoms with Gasteiger partial charge in [0, 0.05) is 16.1 Å². The van der Waals surface area contributed by atoms with Gasteiger partial charge in [-0.2, -0.15) is 5.26 Å². The molecule has 0 aliphatic carbocycles. The van der Waals surface area contributed by atoms with Gasteiger partial charge in [0.1, 0.15) is 0 Å². The summed E-state index contributed by atoms with van der Waals surface area (Å²) in [7, 11) is 0. The number of rotatable bonds is 2. The van der Waals surface area contributed by atoms with Crippen molar-refractivity contribution < 1.29 is 0 Å². The van der Waals surface area contributed by atoms with E-state index in [0.29, 0.717) is 10.0 Å². The van der Waals surface area contributed by atoms with Crippen LogP contribution in [0.1, 0.15) is 18.0 Å². The zero-order valence-corrected chi connectivity index (χ0v) is 8.31. The van der Waals surface area contributed by atoms with Crippen molar-refractivity contribution in [2.24, 2.45) is 5.73 Å². The van der Waals surface area contributed by atoms with E-state index < -0.39 is 0 Å². The molecule has 0 aliphatic rings. The third kappa shape index (κ3) is 2.60. The molecule has 0 saturated heterocycles. The van der Waals surface area contributed by atoms with Crippen molar-refractivity contribution in [2.75, 3.05) is 0 Å². The molecule has 2 N–H and O–H groups in total. The van der Waals surface area contributed by atoms with Gasteiger partial charge in [-0.3, -0.25) is 0 Å². The van der Waals surface area contributed by atoms with Gasteiger partial charge in [-0.1, -0.05) is 23.2 Å². The molecule has 1 aromatic rings. The molecule has 0 saturated carbocycles. The van der Waals surface area contributed by atoms with Crippen LogP contribution in [0.5, 0.6) is 0 Å². The first-order valence-corrected chi connectivity index (χ1v) is 4.48. The maximum absolute atomic E-state index is 8.45. The van der Waals surface area contributed by atoms with Crippen molar-refractivity contribution in [3.63, 3.8) is 0 Å². The highest BCUT2D eigenvalue weighted by Gasteiger charge is 2.09. The predicted molar refractivity (Wildman–Crippen MR) is 53.6 cm³/mol. The second-order valence-corrected chi connectivity index (χ2v) is 3.48. The Hall–Kier alpha value is -0.750. The summed E-state index contributed by atoms with van der Waals surface area (Å²) in [6.07, 6.45) is 0.236.